The summed E-state index contributed by atoms with van der Waals surface area (Å²) in [6, 6.07) is 5.31. The van der Waals surface area contributed by atoms with E-state index < -0.39 is 30.8 Å². The molecule has 3 N–H and O–H groups in total. The van der Waals surface area contributed by atoms with Gasteiger partial charge >= 0.3 is 6.18 Å². The summed E-state index contributed by atoms with van der Waals surface area (Å²) in [7, 11) is 0. The first-order valence-electron chi connectivity index (χ1n) is 6.36. The van der Waals surface area contributed by atoms with Crippen LogP contribution in [0.5, 0.6) is 5.75 Å². The van der Waals surface area contributed by atoms with E-state index in [1.807, 2.05) is 0 Å². The SMILES string of the molecule is O=C(Nc1ccccc1OCC(F)(F)F)C1CC(O)CN1. The van der Waals surface area contributed by atoms with Gasteiger partial charge in [-0.15, -0.1) is 0 Å². The Morgan fingerprint density at radius 2 is 2.14 bits per heavy atom. The maximum Gasteiger partial charge on any atom is 0.422 e. The molecule has 0 saturated carbocycles. The molecule has 1 aliphatic rings. The molecule has 1 aromatic rings. The van der Waals surface area contributed by atoms with E-state index in [1.54, 1.807) is 6.07 Å². The lowest BCUT2D eigenvalue weighted by Crippen LogP contribution is -2.35. The number of aliphatic hydroxyl groups is 1. The smallest absolute Gasteiger partial charge is 0.422 e. The first-order chi connectivity index (χ1) is 9.85. The van der Waals surface area contributed by atoms with Crippen LogP contribution in [-0.4, -0.2) is 42.5 Å². The topological polar surface area (TPSA) is 70.6 Å². The molecule has 2 atom stereocenters. The fourth-order valence-electron chi connectivity index (χ4n) is 1.99. The Bertz CT molecular complexity index is 508. The van der Waals surface area contributed by atoms with Gasteiger partial charge in [-0.25, -0.2) is 0 Å². The second kappa shape index (κ2) is 6.31. The van der Waals surface area contributed by atoms with Gasteiger partial charge in [0.2, 0.25) is 5.91 Å². The number of carbonyl (C=O) groups excluding carboxylic acids is 1. The molecule has 0 radical (unpaired) electrons. The molecule has 0 bridgehead atoms. The van der Waals surface area contributed by atoms with Crippen LogP contribution in [0.4, 0.5) is 18.9 Å². The minimum Gasteiger partial charge on any atom is -0.482 e. The Kier molecular flexibility index (Phi) is 4.69. The van der Waals surface area contributed by atoms with Crippen LogP contribution >= 0.6 is 0 Å². The maximum absolute atomic E-state index is 12.2. The fraction of sp³-hybridized carbons (Fsp3) is 0.462. The summed E-state index contributed by atoms with van der Waals surface area (Å²) >= 11 is 0. The van der Waals surface area contributed by atoms with E-state index in [0.717, 1.165) is 0 Å². The summed E-state index contributed by atoms with van der Waals surface area (Å²) in [5.41, 5.74) is 0.162. The number of benzene rings is 1. The van der Waals surface area contributed by atoms with E-state index in [-0.39, 0.29) is 17.9 Å². The summed E-state index contributed by atoms with van der Waals surface area (Å²) in [5, 5.41) is 14.7. The van der Waals surface area contributed by atoms with E-state index in [0.29, 0.717) is 6.54 Å². The van der Waals surface area contributed by atoms with E-state index in [1.165, 1.54) is 18.2 Å². The molecule has 2 rings (SSSR count). The number of alkyl halides is 3. The molecule has 1 aliphatic heterocycles. The molecule has 5 nitrogen and oxygen atoms in total. The second-order valence-corrected chi connectivity index (χ2v) is 4.74. The van der Waals surface area contributed by atoms with Crippen molar-refractivity contribution in [1.82, 2.24) is 5.32 Å². The quantitative estimate of drug-likeness (QED) is 0.784. The van der Waals surface area contributed by atoms with Gasteiger partial charge in [-0.2, -0.15) is 13.2 Å². The van der Waals surface area contributed by atoms with Gasteiger partial charge in [-0.3, -0.25) is 4.79 Å². The van der Waals surface area contributed by atoms with Gasteiger partial charge < -0.3 is 20.5 Å². The first-order valence-corrected chi connectivity index (χ1v) is 6.36. The lowest BCUT2D eigenvalue weighted by atomic mass is 10.2. The number of β-amino-alcohol motifs (C(OH)–C–C–N with tert-alkyl or cyclic N) is 1. The number of hydrogen-bond donors (Lipinski definition) is 3. The average Bonchev–Trinajstić information content (AvgIpc) is 2.83. The third-order valence-electron chi connectivity index (χ3n) is 2.96. The number of anilines is 1. The lowest BCUT2D eigenvalue weighted by molar-refractivity contribution is -0.153. The number of nitrogens with one attached hydrogen (secondary N) is 2. The van der Waals surface area contributed by atoms with Crippen LogP contribution in [0.3, 0.4) is 0 Å². The van der Waals surface area contributed by atoms with E-state index in [9.17, 15) is 23.1 Å². The monoisotopic (exact) mass is 304 g/mol. The van der Waals surface area contributed by atoms with Crippen molar-refractivity contribution in [3.8, 4) is 5.75 Å². The summed E-state index contributed by atoms with van der Waals surface area (Å²) in [4.78, 5) is 12.0. The second-order valence-electron chi connectivity index (χ2n) is 4.74. The number of halogens is 3. The van der Waals surface area contributed by atoms with Gasteiger partial charge in [0, 0.05) is 6.54 Å². The number of aliphatic hydroxyl groups excluding tert-OH is 1. The van der Waals surface area contributed by atoms with E-state index in [4.69, 9.17) is 0 Å². The Morgan fingerprint density at radius 3 is 2.76 bits per heavy atom. The predicted octanol–water partition coefficient (Wildman–Crippen LogP) is 1.29. The van der Waals surface area contributed by atoms with Gasteiger partial charge in [0.05, 0.1) is 17.8 Å². The van der Waals surface area contributed by atoms with Crippen molar-refractivity contribution in [3.05, 3.63) is 24.3 Å². The predicted molar refractivity (Wildman–Crippen MR) is 69.0 cm³/mol. The Hall–Kier alpha value is -1.80. The van der Waals surface area contributed by atoms with Crippen LogP contribution in [-0.2, 0) is 4.79 Å². The number of carbonyl (C=O) groups is 1. The molecule has 8 heteroatoms. The number of rotatable bonds is 4. The van der Waals surface area contributed by atoms with Crippen LogP contribution in [0.1, 0.15) is 6.42 Å². The Balaban J connectivity index is 2.01. The van der Waals surface area contributed by atoms with Crippen molar-refractivity contribution < 1.29 is 27.8 Å². The van der Waals surface area contributed by atoms with E-state index in [2.05, 4.69) is 15.4 Å². The van der Waals surface area contributed by atoms with Crippen LogP contribution in [0.15, 0.2) is 24.3 Å². The molecule has 1 fully saturated rings. The number of amides is 1. The first kappa shape index (κ1) is 15.6. The molecule has 1 aromatic carbocycles. The highest BCUT2D eigenvalue weighted by Gasteiger charge is 2.30. The minimum absolute atomic E-state index is 0.0540. The maximum atomic E-state index is 12.2. The summed E-state index contributed by atoms with van der Waals surface area (Å²) < 4.78 is 41.2. The molecular formula is C13H15F3N2O3. The fourth-order valence-corrected chi connectivity index (χ4v) is 1.99. The van der Waals surface area contributed by atoms with Crippen LogP contribution < -0.4 is 15.4 Å². The highest BCUT2D eigenvalue weighted by Crippen LogP contribution is 2.26. The van der Waals surface area contributed by atoms with Crippen LogP contribution in [0, 0.1) is 0 Å². The molecule has 0 aliphatic carbocycles. The van der Waals surface area contributed by atoms with Crippen molar-refractivity contribution in [2.45, 2.75) is 24.7 Å². The lowest BCUT2D eigenvalue weighted by Gasteiger charge is -2.15. The molecular weight excluding hydrogens is 289 g/mol. The Morgan fingerprint density at radius 1 is 1.43 bits per heavy atom. The van der Waals surface area contributed by atoms with Crippen molar-refractivity contribution in [2.24, 2.45) is 0 Å². The minimum atomic E-state index is -4.45. The largest absolute Gasteiger partial charge is 0.482 e. The van der Waals surface area contributed by atoms with Crippen molar-refractivity contribution >= 4 is 11.6 Å². The zero-order valence-electron chi connectivity index (χ0n) is 11.0. The molecule has 1 heterocycles. The highest BCUT2D eigenvalue weighted by molar-refractivity contribution is 5.96. The third-order valence-corrected chi connectivity index (χ3v) is 2.96. The molecule has 0 aromatic heterocycles. The molecule has 2 unspecified atom stereocenters. The third kappa shape index (κ3) is 4.61. The summed E-state index contributed by atoms with van der Waals surface area (Å²) in [6.07, 6.45) is -4.79. The zero-order valence-corrected chi connectivity index (χ0v) is 11.0. The summed E-state index contributed by atoms with van der Waals surface area (Å²) in [5.74, 6) is -0.476. The van der Waals surface area contributed by atoms with Gasteiger partial charge in [0.25, 0.3) is 0 Å². The van der Waals surface area contributed by atoms with Crippen LogP contribution in [0.2, 0.25) is 0 Å². The number of para-hydroxylation sites is 2. The van der Waals surface area contributed by atoms with Crippen LogP contribution in [0.25, 0.3) is 0 Å². The van der Waals surface area contributed by atoms with Gasteiger partial charge in [0.1, 0.15) is 5.75 Å². The standard InChI is InChI=1S/C13H15F3N2O3/c14-13(15,16)7-21-11-4-2-1-3-9(11)18-12(20)10-5-8(19)6-17-10/h1-4,8,10,17,19H,5-7H2,(H,18,20). The highest BCUT2D eigenvalue weighted by atomic mass is 19.4. The van der Waals surface area contributed by atoms with Gasteiger partial charge in [-0.05, 0) is 18.6 Å². The molecule has 21 heavy (non-hydrogen) atoms. The Labute approximate surface area is 119 Å². The zero-order chi connectivity index (χ0) is 15.5. The summed E-state index contributed by atoms with van der Waals surface area (Å²) in [6.45, 7) is -1.12. The number of ether oxygens (including phenoxy) is 1. The molecule has 1 saturated heterocycles. The molecule has 116 valence electrons. The normalized spacial score (nSPS) is 22.1. The molecule has 1 amide bonds. The van der Waals surface area contributed by atoms with Gasteiger partial charge in [0.15, 0.2) is 6.61 Å². The van der Waals surface area contributed by atoms with Crippen molar-refractivity contribution in [2.75, 3.05) is 18.5 Å². The van der Waals surface area contributed by atoms with E-state index >= 15 is 0 Å². The average molecular weight is 304 g/mol. The van der Waals surface area contributed by atoms with Crippen molar-refractivity contribution in [1.29, 1.82) is 0 Å². The molecule has 0 spiro atoms. The number of hydrogen-bond acceptors (Lipinski definition) is 4. The van der Waals surface area contributed by atoms with Gasteiger partial charge in [-0.1, -0.05) is 12.1 Å². The van der Waals surface area contributed by atoms with Crippen molar-refractivity contribution in [3.63, 3.8) is 0 Å².